The minimum Gasteiger partial charge on any atom is -0.508 e. The lowest BCUT2D eigenvalue weighted by molar-refractivity contribution is -0.395. The average molecular weight is 196 g/mol. The van der Waals surface area contributed by atoms with Gasteiger partial charge in [-0.2, -0.15) is 0 Å². The number of halogens is 3. The van der Waals surface area contributed by atoms with Gasteiger partial charge >= 0.3 is 6.36 Å². The Kier molecular flexibility index (Phi) is 2.36. The van der Waals surface area contributed by atoms with Crippen molar-refractivity contribution in [3.05, 3.63) is 24.0 Å². The molecule has 1 aliphatic carbocycles. The molecule has 3 nitrogen and oxygen atoms in total. The van der Waals surface area contributed by atoms with Crippen LogP contribution in [-0.4, -0.2) is 22.4 Å². The molecular formula is C7H7F3O3. The van der Waals surface area contributed by atoms with Crippen LogP contribution in [0, 0.1) is 0 Å². The van der Waals surface area contributed by atoms with Crippen LogP contribution in [0.1, 0.15) is 6.42 Å². The fraction of sp³-hybridized carbons (Fsp3) is 0.429. The van der Waals surface area contributed by atoms with Gasteiger partial charge in [-0.1, -0.05) is 0 Å². The molecule has 13 heavy (non-hydrogen) atoms. The minimum absolute atomic E-state index is 0.199. The van der Waals surface area contributed by atoms with Crippen LogP contribution >= 0.6 is 0 Å². The smallest absolute Gasteiger partial charge is 0.508 e. The second kappa shape index (κ2) is 3.04. The Balaban J connectivity index is 2.66. The van der Waals surface area contributed by atoms with Gasteiger partial charge in [0.25, 0.3) is 0 Å². The first-order valence-corrected chi connectivity index (χ1v) is 3.38. The summed E-state index contributed by atoms with van der Waals surface area (Å²) in [5, 5.41) is 17.9. The van der Waals surface area contributed by atoms with Crippen LogP contribution in [0.2, 0.25) is 0 Å². The van der Waals surface area contributed by atoms with Crippen molar-refractivity contribution in [1.29, 1.82) is 0 Å². The standard InChI is InChI=1S/C7H7F3O3/c8-7(9,10)13-6(12)3-1-5(11)2-4-6/h1-3,11-12H,4H2. The predicted octanol–water partition coefficient (Wildman–Crippen LogP) is 1.61. The third-order valence-corrected chi connectivity index (χ3v) is 1.41. The molecule has 0 aromatic heterocycles. The highest BCUT2D eigenvalue weighted by Crippen LogP contribution is 2.29. The van der Waals surface area contributed by atoms with E-state index >= 15 is 0 Å². The summed E-state index contributed by atoms with van der Waals surface area (Å²) in [5.41, 5.74) is 0. The zero-order valence-corrected chi connectivity index (χ0v) is 6.38. The number of rotatable bonds is 1. The van der Waals surface area contributed by atoms with Crippen molar-refractivity contribution in [2.45, 2.75) is 18.6 Å². The van der Waals surface area contributed by atoms with E-state index in [9.17, 15) is 13.2 Å². The molecule has 0 heterocycles. The van der Waals surface area contributed by atoms with E-state index in [1.54, 1.807) is 0 Å². The summed E-state index contributed by atoms with van der Waals surface area (Å²) in [7, 11) is 0. The molecule has 0 aromatic rings. The van der Waals surface area contributed by atoms with E-state index in [0.717, 1.165) is 18.2 Å². The van der Waals surface area contributed by atoms with E-state index in [0.29, 0.717) is 0 Å². The fourth-order valence-corrected chi connectivity index (χ4v) is 0.879. The molecule has 0 spiro atoms. The molecule has 0 fully saturated rings. The molecule has 0 bridgehead atoms. The van der Waals surface area contributed by atoms with Gasteiger partial charge < -0.3 is 10.2 Å². The monoisotopic (exact) mass is 196 g/mol. The third-order valence-electron chi connectivity index (χ3n) is 1.41. The number of aliphatic hydroxyl groups is 2. The normalized spacial score (nSPS) is 28.8. The lowest BCUT2D eigenvalue weighted by Crippen LogP contribution is -2.36. The molecule has 1 unspecified atom stereocenters. The molecule has 1 atom stereocenters. The van der Waals surface area contributed by atoms with Crippen molar-refractivity contribution in [2.24, 2.45) is 0 Å². The lowest BCUT2D eigenvalue weighted by atomic mass is 10.1. The maximum Gasteiger partial charge on any atom is 0.525 e. The topological polar surface area (TPSA) is 49.7 Å². The average Bonchev–Trinajstić information content (AvgIpc) is 1.92. The second-order valence-electron chi connectivity index (χ2n) is 2.56. The van der Waals surface area contributed by atoms with E-state index in [-0.39, 0.29) is 5.76 Å². The van der Waals surface area contributed by atoms with Gasteiger partial charge in [0.1, 0.15) is 5.76 Å². The highest BCUT2D eigenvalue weighted by atomic mass is 19.4. The SMILES string of the molecule is OC1=CCC(O)(OC(F)(F)F)C=C1. The van der Waals surface area contributed by atoms with E-state index in [4.69, 9.17) is 10.2 Å². The summed E-state index contributed by atoms with van der Waals surface area (Å²) in [6.45, 7) is 0. The largest absolute Gasteiger partial charge is 0.525 e. The Morgan fingerprint density at radius 1 is 1.46 bits per heavy atom. The van der Waals surface area contributed by atoms with Gasteiger partial charge in [-0.25, -0.2) is 0 Å². The summed E-state index contributed by atoms with van der Waals surface area (Å²) in [6.07, 6.45) is -2.62. The van der Waals surface area contributed by atoms with Crippen LogP contribution in [0.5, 0.6) is 0 Å². The van der Waals surface area contributed by atoms with Crippen LogP contribution in [0.4, 0.5) is 13.2 Å². The molecule has 0 amide bonds. The first kappa shape index (κ1) is 10.1. The second-order valence-corrected chi connectivity index (χ2v) is 2.56. The molecule has 74 valence electrons. The molecule has 0 aromatic carbocycles. The van der Waals surface area contributed by atoms with E-state index in [1.165, 1.54) is 0 Å². The van der Waals surface area contributed by atoms with Gasteiger partial charge in [0.05, 0.1) is 0 Å². The zero-order valence-electron chi connectivity index (χ0n) is 6.38. The summed E-state index contributed by atoms with van der Waals surface area (Å²) in [6, 6.07) is 0. The van der Waals surface area contributed by atoms with Gasteiger partial charge in [0.2, 0.25) is 0 Å². The Morgan fingerprint density at radius 3 is 2.46 bits per heavy atom. The van der Waals surface area contributed by atoms with E-state index < -0.39 is 18.6 Å². The Morgan fingerprint density at radius 2 is 2.08 bits per heavy atom. The van der Waals surface area contributed by atoms with Crippen LogP contribution in [-0.2, 0) is 4.74 Å². The van der Waals surface area contributed by atoms with E-state index in [2.05, 4.69) is 4.74 Å². The molecule has 2 N–H and O–H groups in total. The summed E-state index contributed by atoms with van der Waals surface area (Å²) >= 11 is 0. The maximum absolute atomic E-state index is 11.7. The third kappa shape index (κ3) is 3.08. The number of alkyl halides is 3. The fourth-order valence-electron chi connectivity index (χ4n) is 0.879. The van der Waals surface area contributed by atoms with Crippen LogP contribution in [0.25, 0.3) is 0 Å². The Hall–Kier alpha value is -1.01. The minimum atomic E-state index is -4.90. The highest BCUT2D eigenvalue weighted by molar-refractivity contribution is 5.20. The zero-order chi connectivity index (χ0) is 10.1. The van der Waals surface area contributed by atoms with Crippen molar-refractivity contribution in [3.63, 3.8) is 0 Å². The van der Waals surface area contributed by atoms with Crippen molar-refractivity contribution in [3.8, 4) is 0 Å². The molecule has 0 saturated heterocycles. The van der Waals surface area contributed by atoms with Crippen LogP contribution in [0.15, 0.2) is 24.0 Å². The number of hydrogen-bond acceptors (Lipinski definition) is 3. The predicted molar refractivity (Wildman–Crippen MR) is 36.6 cm³/mol. The van der Waals surface area contributed by atoms with Gasteiger partial charge in [0, 0.05) is 6.42 Å². The van der Waals surface area contributed by atoms with Gasteiger partial charge in [-0.15, -0.1) is 13.2 Å². The molecule has 0 saturated carbocycles. The van der Waals surface area contributed by atoms with Crippen molar-refractivity contribution >= 4 is 0 Å². The molecular weight excluding hydrogens is 189 g/mol. The summed E-state index contributed by atoms with van der Waals surface area (Å²) in [5.74, 6) is -2.60. The number of hydrogen-bond donors (Lipinski definition) is 2. The van der Waals surface area contributed by atoms with Crippen molar-refractivity contribution in [2.75, 3.05) is 0 Å². The molecule has 0 aliphatic heterocycles. The number of allylic oxidation sites excluding steroid dienone is 1. The van der Waals surface area contributed by atoms with Gasteiger partial charge in [0.15, 0.2) is 5.79 Å². The molecule has 0 radical (unpaired) electrons. The summed E-state index contributed by atoms with van der Waals surface area (Å²) in [4.78, 5) is 0. The molecule has 6 heteroatoms. The van der Waals surface area contributed by atoms with Gasteiger partial charge in [-0.05, 0) is 18.2 Å². The highest BCUT2D eigenvalue weighted by Gasteiger charge is 2.41. The van der Waals surface area contributed by atoms with Gasteiger partial charge in [-0.3, -0.25) is 4.74 Å². The first-order chi connectivity index (χ1) is 5.81. The van der Waals surface area contributed by atoms with Crippen LogP contribution in [0.3, 0.4) is 0 Å². The lowest BCUT2D eigenvalue weighted by Gasteiger charge is -2.26. The van der Waals surface area contributed by atoms with E-state index in [1.807, 2.05) is 0 Å². The maximum atomic E-state index is 11.7. The quantitative estimate of drug-likeness (QED) is 0.626. The number of ether oxygens (including phenoxy) is 1. The van der Waals surface area contributed by atoms with Crippen LogP contribution < -0.4 is 0 Å². The summed E-state index contributed by atoms with van der Waals surface area (Å²) < 4.78 is 38.5. The van der Waals surface area contributed by atoms with Crippen molar-refractivity contribution < 1.29 is 28.1 Å². The molecule has 1 rings (SSSR count). The van der Waals surface area contributed by atoms with Crippen molar-refractivity contribution in [1.82, 2.24) is 0 Å². The Labute approximate surface area is 71.7 Å². The Bertz CT molecular complexity index is 256. The first-order valence-electron chi connectivity index (χ1n) is 3.38. The molecule has 1 aliphatic rings. The number of aliphatic hydroxyl groups excluding tert-OH is 1.